The minimum absolute atomic E-state index is 0.000936. The number of ether oxygens (including phenoxy) is 4. The number of aromatic nitrogens is 10. The maximum Gasteiger partial charge on any atom is 0.245 e. The van der Waals surface area contributed by atoms with E-state index in [0.717, 1.165) is 224 Å². The van der Waals surface area contributed by atoms with Crippen LogP contribution in [0.3, 0.4) is 0 Å². The molecular weight excluding hydrogens is 1790 g/mol. The Balaban J connectivity index is 0.000000122. The van der Waals surface area contributed by atoms with Gasteiger partial charge in [0.15, 0.2) is 0 Å². The summed E-state index contributed by atoms with van der Waals surface area (Å²) < 4.78 is 24.7. The SMILES string of the molecule is C=CC(=O)Cl.C=CC(=O)N1CC2(CCN(c3cc(OCc4ccccn4)cc(-c4c(C)ccc5[nH]ncc45)c3C#N)CC2)C1.Cc1ccc2[nH]ncc2c1-c1cc(OCc2ccccn2)cc(N2CCC3(CCC3)CC2)c1C#N.Cc1ccc2[nH]ncc2c1-c1cc(OCc2ccccn2)cc(N2CCC3(CCC3)CC2)c1C#N.N#Cc1c(Cl)cc(OCc2ccccn2)cc1N1CCC2(CCC2)CC1. The van der Waals surface area contributed by atoms with Crippen molar-refractivity contribution >= 4 is 89.8 Å². The number of nitriles is 4. The summed E-state index contributed by atoms with van der Waals surface area (Å²) in [6, 6.07) is 61.1. The second kappa shape index (κ2) is 42.6. The molecule has 8 aliphatic rings. The molecule has 22 rings (SSSR count). The Hall–Kier alpha value is -14.9. The molecule has 0 unspecified atom stereocenters. The highest BCUT2D eigenvalue weighted by atomic mass is 35.5. The van der Waals surface area contributed by atoms with Crippen molar-refractivity contribution in [1.82, 2.24) is 55.4 Å². The standard InChI is InChI=1S/C31H30N6O2.2C29H29N5O.C21H22ClN3O.C3H3ClO/c1-3-29(38)37-19-31(20-37)9-12-36(13-10-31)28-15-23(39-18-22-6-4-5-11-33-22)14-24(25(28)16-32)30-21(2)7-8-27-26(30)17-34-35-27;2*1-20-6-7-26-25(18-32-33-26)28(20)23-15-22(35-19-21-5-2-3-12-31-21)16-27(24(23)17-30)34-13-10-29(11-14-34)8-4-9-29;22-19-12-17(26-15-16-4-1-2-9-24-16)13-20(18(19)14-23)25-10-7-21(8-11-25)5-3-6-21;1-2-3(4)5/h3-8,11,14-15,17H,1,9-10,12-13,18-20H2,2H3,(H,34,35);2*2-3,5-7,12,15-16,18H,4,8-11,13-14,19H2,1H3,(H,32,33);1-2,4,9,12-13H,3,5-8,10-11,15H2;2H,1H2. The summed E-state index contributed by atoms with van der Waals surface area (Å²) in [4.78, 5) is 50.2. The van der Waals surface area contributed by atoms with E-state index in [4.69, 9.17) is 42.1 Å². The van der Waals surface area contributed by atoms with Gasteiger partial charge in [-0.3, -0.25) is 44.8 Å². The van der Waals surface area contributed by atoms with Crippen molar-refractivity contribution < 1.29 is 28.5 Å². The van der Waals surface area contributed by atoms with Crippen LogP contribution < -0.4 is 38.5 Å². The number of halogens is 2. The second-order valence-electron chi connectivity index (χ2n) is 38.5. The molecule has 1 amide bonds. The van der Waals surface area contributed by atoms with Crippen molar-refractivity contribution in [3.05, 3.63) is 293 Å². The number of allylic oxidation sites excluding steroid dienone is 1. The average Bonchev–Trinajstić information content (AvgIpc) is 1.01. The normalized spacial score (nSPS) is 16.5. The number of hydrogen-bond acceptors (Lipinski definition) is 21. The number of hydrogen-bond donors (Lipinski definition) is 3. The number of H-pyrrole nitrogens is 3. The van der Waals surface area contributed by atoms with Gasteiger partial charge < -0.3 is 43.4 Å². The zero-order chi connectivity index (χ0) is 96.9. The number of pyridine rings is 4. The highest BCUT2D eigenvalue weighted by Crippen LogP contribution is 2.55. The van der Waals surface area contributed by atoms with Gasteiger partial charge in [-0.1, -0.05) is 86.5 Å². The first-order valence-electron chi connectivity index (χ1n) is 48.4. The molecule has 3 N–H and O–H groups in total. The summed E-state index contributed by atoms with van der Waals surface area (Å²) in [6.07, 6.45) is 36.3. The summed E-state index contributed by atoms with van der Waals surface area (Å²) >= 11 is 11.1. The van der Waals surface area contributed by atoms with Crippen molar-refractivity contribution in [3.8, 4) is 80.7 Å². The molecule has 3 aliphatic carbocycles. The van der Waals surface area contributed by atoms with E-state index in [-0.39, 0.29) is 11.3 Å². The van der Waals surface area contributed by atoms with E-state index in [0.29, 0.717) is 81.4 Å². The van der Waals surface area contributed by atoms with Gasteiger partial charge in [0.25, 0.3) is 0 Å². The summed E-state index contributed by atoms with van der Waals surface area (Å²) in [6.45, 7) is 23.4. The molecule has 7 aromatic heterocycles. The number of carbonyl (C=O) groups is 2. The summed E-state index contributed by atoms with van der Waals surface area (Å²) in [5, 5.41) is 65.8. The number of fused-ring (bicyclic) bond motifs is 3. The fraction of sp³-hybridized carbons (Fsp3) is 0.336. The van der Waals surface area contributed by atoms with E-state index in [2.05, 4.69) is 159 Å². The molecule has 12 heterocycles. The Morgan fingerprint density at radius 3 is 0.914 bits per heavy atom. The molecule has 4 spiro atoms. The van der Waals surface area contributed by atoms with Crippen LogP contribution in [0.5, 0.6) is 23.0 Å². The van der Waals surface area contributed by atoms with E-state index < -0.39 is 5.24 Å². The zero-order valence-electron chi connectivity index (χ0n) is 79.4. The monoisotopic (exact) mass is 1900 g/mol. The molecule has 8 fully saturated rings. The molecule has 5 saturated heterocycles. The second-order valence-corrected chi connectivity index (χ2v) is 39.2. The number of benzene rings is 7. The van der Waals surface area contributed by atoms with Crippen molar-refractivity contribution in [2.75, 3.05) is 85.0 Å². The third kappa shape index (κ3) is 20.9. The Bertz CT molecular complexity index is 6800. The van der Waals surface area contributed by atoms with Crippen LogP contribution in [0.15, 0.2) is 226 Å². The van der Waals surface area contributed by atoms with Crippen molar-refractivity contribution in [1.29, 1.82) is 21.0 Å². The predicted molar refractivity (Wildman–Crippen MR) is 548 cm³/mol. The number of nitrogens with one attached hydrogen (secondary N) is 3. The van der Waals surface area contributed by atoms with E-state index in [9.17, 15) is 30.6 Å². The van der Waals surface area contributed by atoms with Crippen LogP contribution in [0.25, 0.3) is 66.1 Å². The number of likely N-dealkylation sites (tertiary alicyclic amines) is 1. The third-order valence-electron chi connectivity index (χ3n) is 30.1. The molecule has 14 aromatic rings. The molecule has 0 bridgehead atoms. The molecule has 5 aliphatic heterocycles. The number of anilines is 4. The Kier molecular flexibility index (Phi) is 29.0. The van der Waals surface area contributed by atoms with Gasteiger partial charge in [0, 0.05) is 159 Å². The number of piperidine rings is 4. The summed E-state index contributed by atoms with van der Waals surface area (Å²) in [5.41, 5.74) is 23.3. The van der Waals surface area contributed by atoms with E-state index in [1.165, 1.54) is 102 Å². The fourth-order valence-corrected chi connectivity index (χ4v) is 21.8. The fourth-order valence-electron chi connectivity index (χ4n) is 21.6. The van der Waals surface area contributed by atoms with Gasteiger partial charge in [0.2, 0.25) is 11.1 Å². The Morgan fingerprint density at radius 2 is 0.664 bits per heavy atom. The number of rotatable bonds is 21. The molecule has 0 atom stereocenters. The van der Waals surface area contributed by atoms with Crippen LogP contribution in [0.2, 0.25) is 5.02 Å². The molecule has 25 nitrogen and oxygen atoms in total. The number of aryl methyl sites for hydroxylation is 3. The molecule has 710 valence electrons. The first-order valence-corrected chi connectivity index (χ1v) is 49.1. The predicted octanol–water partition coefficient (Wildman–Crippen LogP) is 23.2. The van der Waals surface area contributed by atoms with Gasteiger partial charge in [-0.05, 0) is 269 Å². The van der Waals surface area contributed by atoms with Crippen molar-refractivity contribution in [3.63, 3.8) is 0 Å². The van der Waals surface area contributed by atoms with Crippen LogP contribution in [0.1, 0.15) is 171 Å². The smallest absolute Gasteiger partial charge is 0.245 e. The lowest BCUT2D eigenvalue weighted by molar-refractivity contribution is -0.139. The number of nitrogens with zero attached hydrogens (tertiary/aromatic N) is 16. The minimum atomic E-state index is -0.509. The molecular formula is C113H113Cl2N19O6. The Labute approximate surface area is 826 Å². The largest absolute Gasteiger partial charge is 0.487 e. The third-order valence-corrected chi connectivity index (χ3v) is 30.6. The van der Waals surface area contributed by atoms with Crippen molar-refractivity contribution in [2.24, 2.45) is 21.7 Å². The highest BCUT2D eigenvalue weighted by molar-refractivity contribution is 6.66. The topological polar surface area (TPSA) is 320 Å². The van der Waals surface area contributed by atoms with Gasteiger partial charge in [-0.2, -0.15) is 36.3 Å². The lowest BCUT2D eigenvalue weighted by Crippen LogP contribution is -2.61. The first kappa shape index (κ1) is 95.4. The maximum absolute atomic E-state index is 12.0. The molecule has 27 heteroatoms. The van der Waals surface area contributed by atoms with E-state index >= 15 is 0 Å². The maximum atomic E-state index is 12.0. The Morgan fingerprint density at radius 1 is 0.386 bits per heavy atom. The van der Waals surface area contributed by atoms with E-state index in [1.807, 2.05) is 145 Å². The number of amides is 1. The molecule has 140 heavy (non-hydrogen) atoms. The average molecular weight is 1900 g/mol. The molecule has 7 aromatic carbocycles. The first-order chi connectivity index (χ1) is 68.3. The van der Waals surface area contributed by atoms with Gasteiger partial charge in [-0.25, -0.2) is 0 Å². The quantitative estimate of drug-likeness (QED) is 0.0444. The van der Waals surface area contributed by atoms with Crippen LogP contribution in [-0.4, -0.2) is 132 Å². The van der Waals surface area contributed by atoms with Crippen LogP contribution in [0, 0.1) is 87.8 Å². The highest BCUT2D eigenvalue weighted by Gasteiger charge is 2.48. The summed E-state index contributed by atoms with van der Waals surface area (Å²) in [5.74, 6) is 2.88. The summed E-state index contributed by atoms with van der Waals surface area (Å²) in [7, 11) is 0. The van der Waals surface area contributed by atoms with Crippen LogP contribution in [-0.2, 0) is 36.0 Å². The molecule has 3 saturated carbocycles. The number of aromatic amines is 3. The van der Waals surface area contributed by atoms with Gasteiger partial charge in [-0.15, -0.1) is 0 Å². The van der Waals surface area contributed by atoms with Crippen LogP contribution >= 0.6 is 23.2 Å². The lowest BCUT2D eigenvalue weighted by Gasteiger charge is -2.54. The van der Waals surface area contributed by atoms with E-state index in [1.54, 1.807) is 30.9 Å². The van der Waals surface area contributed by atoms with Gasteiger partial charge in [0.1, 0.15) is 73.7 Å². The number of carbonyl (C=O) groups excluding carboxylic acids is 2. The van der Waals surface area contributed by atoms with Crippen LogP contribution in [0.4, 0.5) is 22.7 Å². The molecule has 0 radical (unpaired) electrons. The van der Waals surface area contributed by atoms with Crippen molar-refractivity contribution in [2.45, 2.75) is 156 Å². The minimum Gasteiger partial charge on any atom is -0.487 e. The van der Waals surface area contributed by atoms with Gasteiger partial charge in [0.05, 0.1) is 108 Å². The zero-order valence-corrected chi connectivity index (χ0v) is 80.9. The van der Waals surface area contributed by atoms with Gasteiger partial charge >= 0.3 is 0 Å². The lowest BCUT2D eigenvalue weighted by atomic mass is 9.63.